The first-order chi connectivity index (χ1) is 39.0. The Kier molecular flexibility index (Phi) is 29.4. The molecule has 0 heterocycles. The fourth-order valence-electron chi connectivity index (χ4n) is 7.44. The van der Waals surface area contributed by atoms with E-state index in [1.165, 1.54) is 12.2 Å². The number of allylic oxidation sites excluding steroid dienone is 2. The van der Waals surface area contributed by atoms with Gasteiger partial charge < -0.3 is 35.6 Å². The van der Waals surface area contributed by atoms with Gasteiger partial charge in [0, 0.05) is 44.1 Å². The van der Waals surface area contributed by atoms with Crippen LogP contribution in [0.4, 0.5) is 16.2 Å². The van der Waals surface area contributed by atoms with Gasteiger partial charge in [0.05, 0.1) is 73.7 Å². The second-order valence-corrected chi connectivity index (χ2v) is 19.8. The number of aliphatic hydroxyl groups is 1. The maximum atomic E-state index is 12.6. The maximum Gasteiger partial charge on any atom is 0.408 e. The number of alkyl carbamates (subject to hydrolysis) is 1. The standard InChI is InChI=1S/C32H36N6O3.C19H21N5O2.C13H15NO/c1-23(2)26-9-6-10-28(20-26)32(4,5)37-31(40)41-24(3)22-36-30(39)27(21-35)19-25-11-13-29(14-12-25)38(17-7-15-33)18-8-16-34;1-15(25)14-23-19(26)17(13-22)12-16-4-6-18(7-5-16)24(10-2-8-20)11-3-9-21;1-10(2)11-6-5-7-12(8-11)13(3,4)14-9-15/h6,9-14,19-20,24H,1,7-8,17-18,22H2,2-5H3,(H,36,39)(H,37,40);4-7,12,15,25H,2-3,10-11,14H2,1H3,(H,23,26);5-8H,1H2,2-4H3/b27-19+;17-12+;. The molecule has 2 unspecified atom stereocenters. The van der Waals surface area contributed by atoms with Crippen LogP contribution in [0.2, 0.25) is 0 Å². The number of rotatable bonds is 25. The molecule has 4 rings (SSSR count). The Balaban J connectivity index is 0.000000474. The summed E-state index contributed by atoms with van der Waals surface area (Å²) in [5, 5.41) is 71.2. The number of amides is 3. The molecule has 0 fully saturated rings. The lowest BCUT2D eigenvalue weighted by Gasteiger charge is -2.28. The van der Waals surface area contributed by atoms with E-state index in [1.54, 1.807) is 44.2 Å². The Hall–Kier alpha value is -10.1. The Bertz CT molecular complexity index is 3170. The molecule has 0 aromatic heterocycles. The van der Waals surface area contributed by atoms with E-state index in [4.69, 9.17) is 31.0 Å². The normalized spacial score (nSPS) is 11.5. The molecule has 424 valence electrons. The molecular weight excluding hydrogens is 1030 g/mol. The third-order valence-corrected chi connectivity index (χ3v) is 12.1. The number of nitrogens with one attached hydrogen (secondary N) is 3. The second-order valence-electron chi connectivity index (χ2n) is 19.8. The van der Waals surface area contributed by atoms with Gasteiger partial charge in [-0.05, 0) is 137 Å². The van der Waals surface area contributed by atoms with Crippen molar-refractivity contribution < 1.29 is 29.0 Å². The fraction of sp³-hybridized carbons (Fsp3) is 0.344. The SMILES string of the molecule is C=C(C)c1cccc(C(C)(C)N=C=O)c1.C=C(C)c1cccc(C(C)(C)NC(=O)OC(C)CNC(=O)/C(C#N)=C/c2ccc(N(CCC#N)CCC#N)cc2)c1.CC(O)CNC(=O)/C(C#N)=C/c1ccc(N(CCC#N)CCC#N)cc1. The van der Waals surface area contributed by atoms with E-state index in [9.17, 15) is 29.5 Å². The summed E-state index contributed by atoms with van der Waals surface area (Å²) in [4.78, 5) is 55.1. The zero-order valence-corrected chi connectivity index (χ0v) is 48.0. The van der Waals surface area contributed by atoms with Crippen molar-refractivity contribution >= 4 is 58.7 Å². The third-order valence-electron chi connectivity index (χ3n) is 12.1. The number of hydrogen-bond acceptors (Lipinski definition) is 15. The van der Waals surface area contributed by atoms with Crippen LogP contribution in [0, 0.1) is 68.0 Å². The van der Waals surface area contributed by atoms with Crippen LogP contribution in [0.1, 0.15) is 114 Å². The van der Waals surface area contributed by atoms with Gasteiger partial charge >= 0.3 is 6.09 Å². The van der Waals surface area contributed by atoms with Gasteiger partial charge in [-0.25, -0.2) is 9.59 Å². The molecule has 0 spiro atoms. The monoisotopic (exact) mass is 1100 g/mol. The van der Waals surface area contributed by atoms with Gasteiger partial charge in [-0.1, -0.05) is 85.0 Å². The first kappa shape index (κ1) is 68.0. The van der Waals surface area contributed by atoms with Crippen molar-refractivity contribution in [3.63, 3.8) is 0 Å². The quantitative estimate of drug-likeness (QED) is 0.0208. The number of hydrogen-bond donors (Lipinski definition) is 4. The van der Waals surface area contributed by atoms with E-state index in [0.29, 0.717) is 63.0 Å². The predicted octanol–water partition coefficient (Wildman–Crippen LogP) is 10.4. The molecule has 0 saturated heterocycles. The van der Waals surface area contributed by atoms with Crippen LogP contribution in [0.3, 0.4) is 0 Å². The molecule has 4 N–H and O–H groups in total. The highest BCUT2D eigenvalue weighted by Crippen LogP contribution is 2.27. The first-order valence-corrected chi connectivity index (χ1v) is 26.3. The number of ether oxygens (including phenoxy) is 1. The van der Waals surface area contributed by atoms with Crippen molar-refractivity contribution in [2.45, 2.75) is 104 Å². The molecule has 0 aliphatic rings. The highest BCUT2D eigenvalue weighted by atomic mass is 16.6. The summed E-state index contributed by atoms with van der Waals surface area (Å²) in [5.74, 6) is -1.13. The van der Waals surface area contributed by atoms with Gasteiger partial charge in [0.1, 0.15) is 29.4 Å². The van der Waals surface area contributed by atoms with E-state index in [1.807, 2.05) is 136 Å². The number of carbonyl (C=O) groups excluding carboxylic acids is 4. The lowest BCUT2D eigenvalue weighted by atomic mass is 9.92. The van der Waals surface area contributed by atoms with Crippen LogP contribution in [0.5, 0.6) is 0 Å². The summed E-state index contributed by atoms with van der Waals surface area (Å²) in [5.41, 5.74) is 7.50. The van der Waals surface area contributed by atoms with Gasteiger partial charge in [-0.2, -0.15) is 36.6 Å². The minimum Gasteiger partial charge on any atom is -0.445 e. The van der Waals surface area contributed by atoms with E-state index >= 15 is 0 Å². The van der Waals surface area contributed by atoms with E-state index in [-0.39, 0.29) is 24.2 Å². The van der Waals surface area contributed by atoms with Crippen LogP contribution in [0.25, 0.3) is 23.3 Å². The van der Waals surface area contributed by atoms with Gasteiger partial charge in [-0.3, -0.25) is 9.59 Å². The van der Waals surface area contributed by atoms with Gasteiger partial charge in [-0.15, -0.1) is 0 Å². The van der Waals surface area contributed by atoms with Crippen LogP contribution in [0.15, 0.2) is 126 Å². The maximum absolute atomic E-state index is 12.6. The summed E-state index contributed by atoms with van der Waals surface area (Å²) in [6.07, 6.45) is 3.94. The number of aliphatic hydroxyl groups excluding tert-OH is 1. The molecular formula is C64H72N12O6. The molecule has 0 aliphatic heterocycles. The lowest BCUT2D eigenvalue weighted by molar-refractivity contribution is -0.118. The molecule has 0 aliphatic carbocycles. The molecule has 0 saturated carbocycles. The van der Waals surface area contributed by atoms with Gasteiger partial charge in [0.2, 0.25) is 6.08 Å². The highest BCUT2D eigenvalue weighted by Gasteiger charge is 2.25. The zero-order chi connectivity index (χ0) is 61.3. The second kappa shape index (κ2) is 35.4. The predicted molar refractivity (Wildman–Crippen MR) is 319 cm³/mol. The minimum absolute atomic E-state index is 0.0164. The number of benzene rings is 4. The lowest BCUT2D eigenvalue weighted by Crippen LogP contribution is -2.44. The highest BCUT2D eigenvalue weighted by molar-refractivity contribution is 6.02. The summed E-state index contributed by atoms with van der Waals surface area (Å²) < 4.78 is 5.43. The molecule has 2 atom stereocenters. The minimum atomic E-state index is -0.708. The van der Waals surface area contributed by atoms with Crippen LogP contribution < -0.4 is 25.8 Å². The molecule has 4 aromatic rings. The van der Waals surface area contributed by atoms with Gasteiger partial charge in [0.15, 0.2) is 0 Å². The summed E-state index contributed by atoms with van der Waals surface area (Å²) in [7, 11) is 0. The largest absolute Gasteiger partial charge is 0.445 e. The molecule has 18 heteroatoms. The molecule has 82 heavy (non-hydrogen) atoms. The number of carbonyl (C=O) groups is 3. The zero-order valence-electron chi connectivity index (χ0n) is 48.0. The molecule has 4 aromatic carbocycles. The van der Waals surface area contributed by atoms with Crippen molar-refractivity contribution in [3.05, 3.63) is 155 Å². The van der Waals surface area contributed by atoms with Crippen LogP contribution in [-0.4, -0.2) is 80.6 Å². The Morgan fingerprint density at radius 1 is 0.634 bits per heavy atom. The molecule has 3 amide bonds. The number of isocyanates is 1. The molecule has 0 radical (unpaired) electrons. The van der Waals surface area contributed by atoms with Crippen molar-refractivity contribution in [3.8, 4) is 36.4 Å². The first-order valence-electron chi connectivity index (χ1n) is 26.3. The molecule has 0 bridgehead atoms. The Morgan fingerprint density at radius 3 is 1.39 bits per heavy atom. The Morgan fingerprint density at radius 2 is 1.02 bits per heavy atom. The average molecular weight is 1110 g/mol. The number of anilines is 2. The number of nitrogens with zero attached hydrogens (tertiary/aromatic N) is 9. The van der Waals surface area contributed by atoms with Crippen LogP contribution >= 0.6 is 0 Å². The van der Waals surface area contributed by atoms with Gasteiger partial charge in [0.25, 0.3) is 11.8 Å². The van der Waals surface area contributed by atoms with E-state index < -0.39 is 41.2 Å². The number of aliphatic imine (C=N–C) groups is 1. The summed E-state index contributed by atoms with van der Waals surface area (Å²) in [6, 6.07) is 42.1. The smallest absolute Gasteiger partial charge is 0.408 e. The topological polar surface area (TPSA) is 295 Å². The fourth-order valence-corrected chi connectivity index (χ4v) is 7.44. The third kappa shape index (κ3) is 24.3. The average Bonchev–Trinajstić information content (AvgIpc) is 3.55. The summed E-state index contributed by atoms with van der Waals surface area (Å²) >= 11 is 0. The summed E-state index contributed by atoms with van der Waals surface area (Å²) in [6.45, 7) is 24.5. The van der Waals surface area contributed by atoms with E-state index in [0.717, 1.165) is 44.8 Å². The number of nitriles is 6. The van der Waals surface area contributed by atoms with Crippen molar-refractivity contribution in [1.82, 2.24) is 16.0 Å². The van der Waals surface area contributed by atoms with Crippen LogP contribution in [-0.2, 0) is 30.2 Å². The van der Waals surface area contributed by atoms with Crippen molar-refractivity contribution in [2.24, 2.45) is 4.99 Å². The Labute approximate surface area is 482 Å². The van der Waals surface area contributed by atoms with Crippen molar-refractivity contribution in [1.29, 1.82) is 31.6 Å². The van der Waals surface area contributed by atoms with Crippen molar-refractivity contribution in [2.75, 3.05) is 49.1 Å². The van der Waals surface area contributed by atoms with E-state index in [2.05, 4.69) is 58.4 Å². The molecule has 18 nitrogen and oxygen atoms in total.